The Morgan fingerprint density at radius 2 is 1.68 bits per heavy atom. The highest BCUT2D eigenvalue weighted by Crippen LogP contribution is 2.39. The summed E-state index contributed by atoms with van der Waals surface area (Å²) in [5.41, 5.74) is 4.69. The second-order valence-electron chi connectivity index (χ2n) is 7.63. The van der Waals surface area contributed by atoms with Crippen LogP contribution in [0.1, 0.15) is 34.0 Å². The fourth-order valence-electron chi connectivity index (χ4n) is 3.52. The fraction of sp³-hybridized carbons (Fsp3) is 0.308. The summed E-state index contributed by atoms with van der Waals surface area (Å²) in [7, 11) is 3.10. The summed E-state index contributed by atoms with van der Waals surface area (Å²) in [4.78, 5) is 25.6. The molecule has 1 aromatic heterocycles. The van der Waals surface area contributed by atoms with Crippen LogP contribution in [0.5, 0.6) is 17.2 Å². The Kier molecular flexibility index (Phi) is 8.17. The van der Waals surface area contributed by atoms with Crippen molar-refractivity contribution in [2.45, 2.75) is 27.7 Å². The zero-order chi connectivity index (χ0) is 24.8. The van der Waals surface area contributed by atoms with Gasteiger partial charge in [0.25, 0.3) is 5.91 Å². The number of methoxy groups -OCH3 is 2. The molecule has 0 saturated carbocycles. The highest BCUT2D eigenvalue weighted by molar-refractivity contribution is 7.15. The molecular formula is C26H29NO6S. The number of amides is 1. The van der Waals surface area contributed by atoms with E-state index in [2.05, 4.69) is 5.32 Å². The van der Waals surface area contributed by atoms with Crippen molar-refractivity contribution in [3.05, 3.63) is 58.0 Å². The molecule has 1 N–H and O–H groups in total. The Hall–Kier alpha value is -3.52. The monoisotopic (exact) mass is 483 g/mol. The lowest BCUT2D eigenvalue weighted by Gasteiger charge is -2.14. The minimum absolute atomic E-state index is 0.184. The first-order valence-electron chi connectivity index (χ1n) is 10.8. The molecule has 7 nitrogen and oxygen atoms in total. The zero-order valence-corrected chi connectivity index (χ0v) is 21.1. The van der Waals surface area contributed by atoms with Gasteiger partial charge in [0.1, 0.15) is 16.3 Å². The molecule has 3 aromatic rings. The maximum Gasteiger partial charge on any atom is 0.341 e. The fourth-order valence-corrected chi connectivity index (χ4v) is 4.49. The predicted molar refractivity (Wildman–Crippen MR) is 134 cm³/mol. The minimum atomic E-state index is -0.518. The molecule has 0 unspecified atom stereocenters. The van der Waals surface area contributed by atoms with Crippen molar-refractivity contribution in [1.29, 1.82) is 0 Å². The van der Waals surface area contributed by atoms with Crippen molar-refractivity contribution in [3.63, 3.8) is 0 Å². The Morgan fingerprint density at radius 3 is 2.35 bits per heavy atom. The van der Waals surface area contributed by atoms with Crippen molar-refractivity contribution in [1.82, 2.24) is 0 Å². The van der Waals surface area contributed by atoms with Crippen LogP contribution in [-0.2, 0) is 9.53 Å². The summed E-state index contributed by atoms with van der Waals surface area (Å²) in [5.74, 6) is 0.912. The topological polar surface area (TPSA) is 83.1 Å². The van der Waals surface area contributed by atoms with Crippen molar-refractivity contribution < 1.29 is 28.5 Å². The van der Waals surface area contributed by atoms with Gasteiger partial charge < -0.3 is 24.3 Å². The number of aryl methyl sites for hydroxylation is 2. The predicted octanol–water partition coefficient (Wildman–Crippen LogP) is 5.55. The van der Waals surface area contributed by atoms with Gasteiger partial charge in [-0.3, -0.25) is 4.79 Å². The Morgan fingerprint density at radius 1 is 0.971 bits per heavy atom. The van der Waals surface area contributed by atoms with Crippen LogP contribution in [-0.4, -0.2) is 39.3 Å². The molecule has 8 heteroatoms. The van der Waals surface area contributed by atoms with Crippen LogP contribution >= 0.6 is 11.3 Å². The highest BCUT2D eigenvalue weighted by atomic mass is 32.1. The number of benzene rings is 2. The first kappa shape index (κ1) is 25.1. The van der Waals surface area contributed by atoms with Crippen LogP contribution in [0, 0.1) is 20.8 Å². The third kappa shape index (κ3) is 5.34. The Bertz CT molecular complexity index is 1200. The summed E-state index contributed by atoms with van der Waals surface area (Å²) < 4.78 is 21.8. The van der Waals surface area contributed by atoms with Gasteiger partial charge in [0.05, 0.1) is 20.8 Å². The molecule has 0 fully saturated rings. The normalized spacial score (nSPS) is 10.5. The molecular weight excluding hydrogens is 454 g/mol. The van der Waals surface area contributed by atoms with E-state index in [1.54, 1.807) is 38.7 Å². The van der Waals surface area contributed by atoms with Crippen molar-refractivity contribution in [2.75, 3.05) is 32.8 Å². The van der Waals surface area contributed by atoms with E-state index in [9.17, 15) is 9.59 Å². The van der Waals surface area contributed by atoms with Gasteiger partial charge in [-0.05, 0) is 62.1 Å². The van der Waals surface area contributed by atoms with Gasteiger partial charge in [-0.2, -0.15) is 0 Å². The van der Waals surface area contributed by atoms with E-state index < -0.39 is 5.97 Å². The summed E-state index contributed by atoms with van der Waals surface area (Å²) >= 11 is 1.25. The summed E-state index contributed by atoms with van der Waals surface area (Å²) in [5, 5.41) is 5.01. The smallest absolute Gasteiger partial charge is 0.341 e. The van der Waals surface area contributed by atoms with E-state index in [0.717, 1.165) is 22.3 Å². The van der Waals surface area contributed by atoms with E-state index in [-0.39, 0.29) is 24.7 Å². The third-order valence-electron chi connectivity index (χ3n) is 5.44. The van der Waals surface area contributed by atoms with Crippen molar-refractivity contribution >= 4 is 28.2 Å². The Labute approximate surface area is 203 Å². The minimum Gasteiger partial charge on any atom is -0.493 e. The number of carbonyl (C=O) groups excluding carboxylic acids is 2. The standard InChI is InChI=1S/C26H29NO6S/c1-7-32-26(29)23-19(18-10-11-20(30-5)21(12-18)31-6)14-34-25(23)27-22(28)13-33-24-16(3)9-8-15(2)17(24)4/h8-12,14H,7,13H2,1-6H3,(H,27,28). The second-order valence-corrected chi connectivity index (χ2v) is 8.51. The lowest BCUT2D eigenvalue weighted by Crippen LogP contribution is -2.21. The summed E-state index contributed by atoms with van der Waals surface area (Å²) in [6, 6.07) is 9.35. The van der Waals surface area contributed by atoms with E-state index in [1.807, 2.05) is 39.0 Å². The molecule has 2 aromatic carbocycles. The molecule has 0 bridgehead atoms. The molecule has 1 amide bonds. The van der Waals surface area contributed by atoms with Crippen LogP contribution in [0.3, 0.4) is 0 Å². The van der Waals surface area contributed by atoms with Gasteiger partial charge in [-0.15, -0.1) is 11.3 Å². The number of carbonyl (C=O) groups is 2. The average Bonchev–Trinajstić information content (AvgIpc) is 3.24. The molecule has 3 rings (SSSR count). The maximum atomic E-state index is 12.8. The van der Waals surface area contributed by atoms with Crippen LogP contribution in [0.15, 0.2) is 35.7 Å². The SMILES string of the molecule is CCOC(=O)c1c(-c2ccc(OC)c(OC)c2)csc1NC(=O)COc1c(C)ccc(C)c1C. The zero-order valence-electron chi connectivity index (χ0n) is 20.2. The molecule has 180 valence electrons. The highest BCUT2D eigenvalue weighted by Gasteiger charge is 2.24. The van der Waals surface area contributed by atoms with Crippen LogP contribution < -0.4 is 19.5 Å². The second kappa shape index (κ2) is 11.1. The van der Waals surface area contributed by atoms with E-state index >= 15 is 0 Å². The summed E-state index contributed by atoms with van der Waals surface area (Å²) in [6.45, 7) is 7.66. The number of nitrogens with one attached hydrogen (secondary N) is 1. The molecule has 0 aliphatic heterocycles. The first-order chi connectivity index (χ1) is 16.3. The number of hydrogen-bond acceptors (Lipinski definition) is 7. The lowest BCUT2D eigenvalue weighted by molar-refractivity contribution is -0.118. The van der Waals surface area contributed by atoms with Crippen molar-refractivity contribution in [2.24, 2.45) is 0 Å². The van der Waals surface area contributed by atoms with E-state index in [1.165, 1.54) is 11.3 Å². The van der Waals surface area contributed by atoms with Gasteiger partial charge in [0.2, 0.25) is 0 Å². The van der Waals surface area contributed by atoms with Gasteiger partial charge in [0.15, 0.2) is 18.1 Å². The lowest BCUT2D eigenvalue weighted by atomic mass is 10.0. The van der Waals surface area contributed by atoms with E-state index in [0.29, 0.717) is 27.8 Å². The largest absolute Gasteiger partial charge is 0.493 e. The molecule has 0 radical (unpaired) electrons. The van der Waals surface area contributed by atoms with Crippen LogP contribution in [0.4, 0.5) is 5.00 Å². The molecule has 34 heavy (non-hydrogen) atoms. The van der Waals surface area contributed by atoms with Crippen LogP contribution in [0.2, 0.25) is 0 Å². The van der Waals surface area contributed by atoms with Gasteiger partial charge in [-0.1, -0.05) is 18.2 Å². The van der Waals surface area contributed by atoms with E-state index in [4.69, 9.17) is 18.9 Å². The number of thiophene rings is 1. The van der Waals surface area contributed by atoms with Gasteiger partial charge >= 0.3 is 5.97 Å². The third-order valence-corrected chi connectivity index (χ3v) is 6.33. The molecule has 0 spiro atoms. The van der Waals surface area contributed by atoms with Gasteiger partial charge in [0, 0.05) is 10.9 Å². The number of ether oxygens (including phenoxy) is 4. The first-order valence-corrected chi connectivity index (χ1v) is 11.7. The number of anilines is 1. The maximum absolute atomic E-state index is 12.8. The molecule has 0 atom stereocenters. The molecule has 0 aliphatic rings. The molecule has 1 heterocycles. The average molecular weight is 484 g/mol. The number of esters is 1. The van der Waals surface area contributed by atoms with Crippen molar-refractivity contribution in [3.8, 4) is 28.4 Å². The quantitative estimate of drug-likeness (QED) is 0.402. The molecule has 0 saturated heterocycles. The number of hydrogen-bond donors (Lipinski definition) is 1. The summed E-state index contributed by atoms with van der Waals surface area (Å²) in [6.07, 6.45) is 0. The van der Waals surface area contributed by atoms with Crippen LogP contribution in [0.25, 0.3) is 11.1 Å². The molecule has 0 aliphatic carbocycles. The van der Waals surface area contributed by atoms with Gasteiger partial charge in [-0.25, -0.2) is 4.79 Å². The number of rotatable bonds is 9. The Balaban J connectivity index is 1.88.